The molecule has 0 aliphatic heterocycles. The molecule has 0 spiro atoms. The van der Waals surface area contributed by atoms with Crippen LogP contribution in [-0.4, -0.2) is 66.5 Å². The molecule has 3 atom stereocenters. The number of carbonyl (C=O) groups excluding carboxylic acids is 3. The van der Waals surface area contributed by atoms with Crippen molar-refractivity contribution in [2.45, 2.75) is 75.9 Å². The van der Waals surface area contributed by atoms with Crippen molar-refractivity contribution in [1.82, 2.24) is 0 Å². The molecule has 0 aromatic heterocycles. The Hall–Kier alpha value is -1.27. The van der Waals surface area contributed by atoms with Crippen molar-refractivity contribution in [3.63, 3.8) is 0 Å². The summed E-state index contributed by atoms with van der Waals surface area (Å²) in [6.07, 6.45) is 4.79. The second-order valence-electron chi connectivity index (χ2n) is 7.72. The van der Waals surface area contributed by atoms with E-state index < -0.39 is 40.3 Å². The molecule has 0 fully saturated rings. The molecule has 10 nitrogen and oxygen atoms in total. The third-order valence-electron chi connectivity index (χ3n) is 5.32. The Balaban J connectivity index is 5.80. The Bertz CT molecular complexity index is 461. The molecule has 12 N–H and O–H groups in total. The highest BCUT2D eigenvalue weighted by molar-refractivity contribution is 6.02. The van der Waals surface area contributed by atoms with Crippen molar-refractivity contribution in [2.75, 3.05) is 26.2 Å². The Labute approximate surface area is 180 Å². The van der Waals surface area contributed by atoms with E-state index in [9.17, 15) is 14.4 Å². The van der Waals surface area contributed by atoms with Crippen LogP contribution in [0.4, 0.5) is 0 Å². The summed E-state index contributed by atoms with van der Waals surface area (Å²) in [7, 11) is 0. The maximum absolute atomic E-state index is 13.3. The van der Waals surface area contributed by atoms with Crippen molar-refractivity contribution in [1.29, 1.82) is 0 Å². The highest BCUT2D eigenvalue weighted by atomic mass is 16.2. The minimum absolute atomic E-state index is 0.307. The summed E-state index contributed by atoms with van der Waals surface area (Å²) in [6.45, 7) is 4.81. The van der Waals surface area contributed by atoms with Crippen molar-refractivity contribution in [2.24, 2.45) is 34.4 Å². The minimum atomic E-state index is -1.16. The molecule has 0 saturated heterocycles. The molecule has 0 saturated carbocycles. The fourth-order valence-electron chi connectivity index (χ4n) is 3.40. The van der Waals surface area contributed by atoms with Gasteiger partial charge in [0.1, 0.15) is 24.7 Å². The Morgan fingerprint density at radius 3 is 1.07 bits per heavy atom. The van der Waals surface area contributed by atoms with Crippen molar-refractivity contribution < 1.29 is 18.9 Å². The molecule has 3 amide bonds. The van der Waals surface area contributed by atoms with Gasteiger partial charge in [-0.25, -0.2) is 14.4 Å². The lowest BCUT2D eigenvalue weighted by molar-refractivity contribution is -0.699. The largest absolute Gasteiger partial charge is 0.345 e. The third kappa shape index (κ3) is 8.10. The van der Waals surface area contributed by atoms with Gasteiger partial charge in [0.15, 0.2) is 0 Å². The number of carbonyl (C=O) groups is 3. The van der Waals surface area contributed by atoms with Crippen molar-refractivity contribution >= 4 is 17.7 Å². The molecule has 0 heterocycles. The van der Waals surface area contributed by atoms with E-state index in [4.69, 9.17) is 34.4 Å². The predicted molar refractivity (Wildman–Crippen MR) is 118 cm³/mol. The highest BCUT2D eigenvalue weighted by Crippen LogP contribution is 2.20. The fraction of sp³-hybridized carbons (Fsp3) is 0.800. The normalized spacial score (nSPS) is 14.9. The molecule has 0 aromatic rings. The van der Waals surface area contributed by atoms with Gasteiger partial charge in [-0.05, 0) is 77.4 Å². The van der Waals surface area contributed by atoms with Crippen LogP contribution >= 0.6 is 0 Å². The predicted octanol–water partition coefficient (Wildman–Crippen LogP) is -1.41. The number of nitrogens with two attached hydrogens (primary N) is 6. The van der Waals surface area contributed by atoms with E-state index in [0.29, 0.717) is 77.4 Å². The average molecular weight is 430 g/mol. The van der Waals surface area contributed by atoms with Crippen molar-refractivity contribution in [3.05, 3.63) is 6.92 Å². The van der Waals surface area contributed by atoms with Crippen LogP contribution in [0.2, 0.25) is 0 Å². The van der Waals surface area contributed by atoms with Crippen LogP contribution in [0, 0.1) is 6.92 Å². The Kier molecular flexibility index (Phi) is 14.9. The molecule has 0 aliphatic carbocycles. The fourth-order valence-corrected chi connectivity index (χ4v) is 3.40. The minimum Gasteiger partial charge on any atom is -0.330 e. The Morgan fingerprint density at radius 1 is 0.600 bits per heavy atom. The summed E-state index contributed by atoms with van der Waals surface area (Å²) in [4.78, 5) is 40.0. The van der Waals surface area contributed by atoms with Crippen LogP contribution in [0.1, 0.15) is 57.8 Å². The zero-order chi connectivity index (χ0) is 23.2. The van der Waals surface area contributed by atoms with E-state index in [0.717, 1.165) is 0 Å². The molecule has 0 unspecified atom stereocenters. The number of hydrogen-bond acceptors (Lipinski definition) is 9. The van der Waals surface area contributed by atoms with Crippen molar-refractivity contribution in [3.8, 4) is 0 Å². The number of nitrogens with zero attached hydrogens (tertiary/aromatic N) is 1. The molecule has 175 valence electrons. The lowest BCUT2D eigenvalue weighted by Crippen LogP contribution is -2.71. The second-order valence-corrected chi connectivity index (χ2v) is 7.72. The molecule has 30 heavy (non-hydrogen) atoms. The summed E-state index contributed by atoms with van der Waals surface area (Å²) < 4.78 is -1.16. The molecule has 10 heteroatoms. The molecule has 1 radical (unpaired) electrons. The zero-order valence-corrected chi connectivity index (χ0v) is 18.3. The van der Waals surface area contributed by atoms with Gasteiger partial charge in [-0.3, -0.25) is 0 Å². The number of rotatable bonds is 16. The van der Waals surface area contributed by atoms with Crippen LogP contribution in [0.25, 0.3) is 0 Å². The number of quaternary nitrogens is 1. The standard InChI is InChI=1S/C20H43N7O3/c1-2-27(18(28)15(24)9-3-6-12-21,19(29)16(25)10-4-7-13-22)20(30)17(26)11-5-8-14-23/h15-17H,1-14,21-26H2/q+1/t15-,16-,17-/m0/s1. The summed E-state index contributed by atoms with van der Waals surface area (Å²) in [5.74, 6) is -2.12. The monoisotopic (exact) mass is 429 g/mol. The van der Waals surface area contributed by atoms with Crippen LogP contribution in [0.3, 0.4) is 0 Å². The van der Waals surface area contributed by atoms with E-state index in [1.165, 1.54) is 0 Å². The highest BCUT2D eigenvalue weighted by Gasteiger charge is 2.55. The topological polar surface area (TPSA) is 207 Å². The molecule has 0 rings (SSSR count). The number of hydrogen-bond donors (Lipinski definition) is 6. The van der Waals surface area contributed by atoms with Gasteiger partial charge in [0, 0.05) is 6.92 Å². The maximum Gasteiger partial charge on any atom is 0.345 e. The van der Waals surface area contributed by atoms with Crippen LogP contribution in [0.15, 0.2) is 0 Å². The lowest BCUT2D eigenvalue weighted by atomic mass is 10.00. The van der Waals surface area contributed by atoms with E-state index in [1.54, 1.807) is 0 Å². The molecule has 0 bridgehead atoms. The number of unbranched alkanes of at least 4 members (excludes halogenated alkanes) is 3. The quantitative estimate of drug-likeness (QED) is 0.125. The molecule has 0 aliphatic rings. The second kappa shape index (κ2) is 15.5. The van der Waals surface area contributed by atoms with Gasteiger partial charge in [-0.1, -0.05) is 0 Å². The van der Waals surface area contributed by atoms with Gasteiger partial charge in [0.05, 0.1) is 0 Å². The van der Waals surface area contributed by atoms with Crippen LogP contribution in [-0.2, 0) is 14.4 Å². The summed E-state index contributed by atoms with van der Waals surface area (Å²) in [5, 5.41) is 0. The Morgan fingerprint density at radius 2 is 0.867 bits per heavy atom. The van der Waals surface area contributed by atoms with E-state index in [1.807, 2.05) is 0 Å². The first-order chi connectivity index (χ1) is 14.2. The first-order valence-electron chi connectivity index (χ1n) is 10.9. The smallest absolute Gasteiger partial charge is 0.330 e. The average Bonchev–Trinajstić information content (AvgIpc) is 2.74. The number of imide groups is 3. The summed E-state index contributed by atoms with van der Waals surface area (Å²) in [5.41, 5.74) is 34.7. The maximum atomic E-state index is 13.3. The first kappa shape index (κ1) is 28.7. The van der Waals surface area contributed by atoms with Crippen LogP contribution < -0.4 is 34.4 Å². The number of amides is 3. The molecule has 0 aromatic carbocycles. The molecular weight excluding hydrogens is 386 g/mol. The SMILES string of the molecule is [CH2]C[N+](C(=O)[C@@H](N)CCCCN)(C(=O)[C@@H](N)CCCCN)C(=O)[C@@H](N)CCCCN. The lowest BCUT2D eigenvalue weighted by Gasteiger charge is -2.35. The van der Waals surface area contributed by atoms with E-state index in [-0.39, 0.29) is 6.54 Å². The third-order valence-corrected chi connectivity index (χ3v) is 5.32. The van der Waals surface area contributed by atoms with Gasteiger partial charge in [-0.2, -0.15) is 0 Å². The van der Waals surface area contributed by atoms with Gasteiger partial charge in [-0.15, -0.1) is 4.48 Å². The van der Waals surface area contributed by atoms with E-state index in [2.05, 4.69) is 6.92 Å². The van der Waals surface area contributed by atoms with Gasteiger partial charge < -0.3 is 34.4 Å². The van der Waals surface area contributed by atoms with E-state index >= 15 is 0 Å². The van der Waals surface area contributed by atoms with Gasteiger partial charge in [0.2, 0.25) is 0 Å². The molecular formula is C20H43N7O3+. The first-order valence-corrected chi connectivity index (χ1v) is 10.9. The summed E-state index contributed by atoms with van der Waals surface area (Å²) >= 11 is 0. The summed E-state index contributed by atoms with van der Waals surface area (Å²) in [6, 6.07) is -3.05. The zero-order valence-electron chi connectivity index (χ0n) is 18.3. The van der Waals surface area contributed by atoms with Crippen LogP contribution in [0.5, 0.6) is 0 Å². The van der Waals surface area contributed by atoms with Gasteiger partial charge >= 0.3 is 17.7 Å². The van der Waals surface area contributed by atoms with Gasteiger partial charge in [0.25, 0.3) is 0 Å².